The minimum atomic E-state index is 0.162. The predicted octanol–water partition coefficient (Wildman–Crippen LogP) is 6.75. The topological polar surface area (TPSA) is 24.9 Å². The van der Waals surface area contributed by atoms with Crippen LogP contribution in [0.2, 0.25) is 0 Å². The number of benzene rings is 3. The number of fused-ring (bicyclic) bond motifs is 1. The van der Waals surface area contributed by atoms with Crippen LogP contribution < -0.4 is 4.72 Å². The summed E-state index contributed by atoms with van der Waals surface area (Å²) in [6, 6.07) is 26.0. The van der Waals surface area contributed by atoms with Crippen molar-refractivity contribution >= 4 is 33.5 Å². The minimum absolute atomic E-state index is 0.162. The summed E-state index contributed by atoms with van der Waals surface area (Å²) < 4.78 is 4.95. The second kappa shape index (κ2) is 8.91. The maximum absolute atomic E-state index is 4.96. The molecule has 1 aromatic heterocycles. The molecule has 1 N–H and O–H groups in total. The van der Waals surface area contributed by atoms with Gasteiger partial charge in [-0.25, -0.2) is 9.71 Å². The van der Waals surface area contributed by atoms with E-state index in [0.717, 1.165) is 23.4 Å². The Bertz CT molecular complexity index is 1060. The van der Waals surface area contributed by atoms with Crippen LogP contribution >= 0.6 is 23.3 Å². The van der Waals surface area contributed by atoms with Crippen LogP contribution in [0, 0.1) is 6.92 Å². The molecule has 142 valence electrons. The Labute approximate surface area is 175 Å². The Kier molecular flexibility index (Phi) is 6.10. The average molecular weight is 405 g/mol. The largest absolute Gasteiger partial charge is 0.250 e. The van der Waals surface area contributed by atoms with E-state index in [1.807, 2.05) is 6.07 Å². The molecule has 0 radical (unpaired) electrons. The molecule has 0 bridgehead atoms. The molecule has 28 heavy (non-hydrogen) atoms. The van der Waals surface area contributed by atoms with Crippen LogP contribution in [0.4, 0.5) is 0 Å². The minimum Gasteiger partial charge on any atom is -0.250 e. The summed E-state index contributed by atoms with van der Waals surface area (Å²) in [6.07, 6.45) is 1.97. The lowest BCUT2D eigenvalue weighted by Gasteiger charge is -2.16. The molecule has 0 saturated heterocycles. The molecule has 1 atom stereocenters. The van der Waals surface area contributed by atoms with Crippen LogP contribution in [0.1, 0.15) is 34.7 Å². The quantitative estimate of drug-likeness (QED) is 0.345. The van der Waals surface area contributed by atoms with E-state index in [2.05, 4.69) is 85.3 Å². The molecule has 0 aliphatic rings. The normalized spacial score (nSPS) is 12.4. The highest BCUT2D eigenvalue weighted by atomic mass is 32.2. The third-order valence-electron chi connectivity index (χ3n) is 4.76. The van der Waals surface area contributed by atoms with Gasteiger partial charge in [-0.3, -0.25) is 0 Å². The van der Waals surface area contributed by atoms with Crippen molar-refractivity contribution in [2.45, 2.75) is 37.6 Å². The Balaban J connectivity index is 1.63. The van der Waals surface area contributed by atoms with Gasteiger partial charge in [0.05, 0.1) is 16.3 Å². The van der Waals surface area contributed by atoms with E-state index in [4.69, 9.17) is 4.98 Å². The molecule has 2 nitrogen and oxygen atoms in total. The third kappa shape index (κ3) is 4.64. The van der Waals surface area contributed by atoms with Gasteiger partial charge in [-0.2, -0.15) is 0 Å². The van der Waals surface area contributed by atoms with E-state index in [-0.39, 0.29) is 6.04 Å². The number of hydrogen-bond donors (Lipinski definition) is 1. The summed E-state index contributed by atoms with van der Waals surface area (Å²) >= 11 is 3.49. The fourth-order valence-corrected chi connectivity index (χ4v) is 5.16. The molecule has 3 aromatic carbocycles. The van der Waals surface area contributed by atoms with E-state index in [9.17, 15) is 0 Å². The zero-order valence-electron chi connectivity index (χ0n) is 16.2. The maximum Gasteiger partial charge on any atom is 0.112 e. The number of nitrogens with zero attached hydrogens (tertiary/aromatic N) is 1. The van der Waals surface area contributed by atoms with Crippen LogP contribution in [0.25, 0.3) is 10.2 Å². The monoisotopic (exact) mass is 404 g/mol. The van der Waals surface area contributed by atoms with E-state index in [0.29, 0.717) is 0 Å². The summed E-state index contributed by atoms with van der Waals surface area (Å²) in [7, 11) is 0. The van der Waals surface area contributed by atoms with Gasteiger partial charge in [0.1, 0.15) is 5.01 Å². The molecular weight excluding hydrogens is 380 g/mol. The summed E-state index contributed by atoms with van der Waals surface area (Å²) in [5.41, 5.74) is 5.09. The molecule has 4 aromatic rings. The van der Waals surface area contributed by atoms with Crippen molar-refractivity contribution in [3.8, 4) is 0 Å². The number of rotatable bonds is 7. The van der Waals surface area contributed by atoms with Gasteiger partial charge >= 0.3 is 0 Å². The molecule has 1 unspecified atom stereocenters. The SMILES string of the molecule is CCc1ccc2nc(C(Cc3cccc(C)c3)NSc3ccccc3)sc2c1. The number of aryl methyl sites for hydroxylation is 2. The lowest BCUT2D eigenvalue weighted by Crippen LogP contribution is -2.16. The van der Waals surface area contributed by atoms with E-state index in [1.54, 1.807) is 23.3 Å². The van der Waals surface area contributed by atoms with Crippen LogP contribution in [0.3, 0.4) is 0 Å². The molecule has 0 amide bonds. The predicted molar refractivity (Wildman–Crippen MR) is 122 cm³/mol. The van der Waals surface area contributed by atoms with Crippen molar-refractivity contribution in [3.63, 3.8) is 0 Å². The number of hydrogen-bond acceptors (Lipinski definition) is 4. The van der Waals surface area contributed by atoms with Gasteiger partial charge in [-0.05, 0) is 67.1 Å². The summed E-state index contributed by atoms with van der Waals surface area (Å²) in [4.78, 5) is 6.18. The highest BCUT2D eigenvalue weighted by Crippen LogP contribution is 2.31. The lowest BCUT2D eigenvalue weighted by atomic mass is 10.0. The van der Waals surface area contributed by atoms with Gasteiger partial charge in [-0.15, -0.1) is 11.3 Å². The average Bonchev–Trinajstić information content (AvgIpc) is 3.15. The smallest absolute Gasteiger partial charge is 0.112 e. The van der Waals surface area contributed by atoms with Gasteiger partial charge in [0.25, 0.3) is 0 Å². The van der Waals surface area contributed by atoms with Crippen LogP contribution in [-0.4, -0.2) is 4.98 Å². The van der Waals surface area contributed by atoms with Crippen LogP contribution in [0.5, 0.6) is 0 Å². The van der Waals surface area contributed by atoms with Gasteiger partial charge in [0.15, 0.2) is 0 Å². The molecule has 4 rings (SSSR count). The highest BCUT2D eigenvalue weighted by Gasteiger charge is 2.18. The van der Waals surface area contributed by atoms with Gasteiger partial charge in [-0.1, -0.05) is 61.0 Å². The summed E-state index contributed by atoms with van der Waals surface area (Å²) in [6.45, 7) is 4.34. The van der Waals surface area contributed by atoms with Gasteiger partial charge in [0.2, 0.25) is 0 Å². The Morgan fingerprint density at radius 2 is 1.82 bits per heavy atom. The van der Waals surface area contributed by atoms with Crippen molar-refractivity contribution in [3.05, 3.63) is 94.5 Å². The van der Waals surface area contributed by atoms with Crippen molar-refractivity contribution < 1.29 is 0 Å². The van der Waals surface area contributed by atoms with Crippen molar-refractivity contribution in [2.24, 2.45) is 0 Å². The van der Waals surface area contributed by atoms with E-state index < -0.39 is 0 Å². The third-order valence-corrected chi connectivity index (χ3v) is 6.80. The number of aromatic nitrogens is 1. The zero-order valence-corrected chi connectivity index (χ0v) is 17.8. The molecule has 4 heteroatoms. The summed E-state index contributed by atoms with van der Waals surface area (Å²) in [5, 5.41) is 1.15. The first kappa shape index (κ1) is 19.2. The standard InChI is InChI=1S/C24H24N2S2/c1-3-18-12-13-21-23(16-18)27-24(25-21)22(15-19-9-7-8-17(2)14-19)26-28-20-10-5-4-6-11-20/h4-14,16,22,26H,3,15H2,1-2H3. The highest BCUT2D eigenvalue weighted by molar-refractivity contribution is 7.97. The van der Waals surface area contributed by atoms with E-state index in [1.165, 1.54) is 26.3 Å². The number of thiazole rings is 1. The van der Waals surface area contributed by atoms with Crippen molar-refractivity contribution in [1.82, 2.24) is 9.71 Å². The fraction of sp³-hybridized carbons (Fsp3) is 0.208. The Morgan fingerprint density at radius 3 is 2.61 bits per heavy atom. The first-order valence-corrected chi connectivity index (χ1v) is 11.3. The molecular formula is C24H24N2S2. The summed E-state index contributed by atoms with van der Waals surface area (Å²) in [5.74, 6) is 0. The van der Waals surface area contributed by atoms with Crippen LogP contribution in [-0.2, 0) is 12.8 Å². The van der Waals surface area contributed by atoms with Crippen LogP contribution in [0.15, 0.2) is 77.7 Å². The molecule has 0 spiro atoms. The first-order chi connectivity index (χ1) is 13.7. The van der Waals surface area contributed by atoms with E-state index >= 15 is 0 Å². The second-order valence-electron chi connectivity index (χ2n) is 6.99. The maximum atomic E-state index is 4.96. The molecule has 0 fully saturated rings. The Hall–Kier alpha value is -2.14. The van der Waals surface area contributed by atoms with Gasteiger partial charge in [0, 0.05) is 4.90 Å². The number of nitrogens with one attached hydrogen (secondary N) is 1. The Morgan fingerprint density at radius 1 is 0.964 bits per heavy atom. The first-order valence-electron chi connectivity index (χ1n) is 9.63. The second-order valence-corrected chi connectivity index (χ2v) is 8.96. The molecule has 0 aliphatic heterocycles. The molecule has 1 heterocycles. The molecule has 0 aliphatic carbocycles. The van der Waals surface area contributed by atoms with Crippen molar-refractivity contribution in [1.29, 1.82) is 0 Å². The van der Waals surface area contributed by atoms with Gasteiger partial charge < -0.3 is 0 Å². The van der Waals surface area contributed by atoms with Crippen molar-refractivity contribution in [2.75, 3.05) is 0 Å². The fourth-order valence-electron chi connectivity index (χ4n) is 3.24. The lowest BCUT2D eigenvalue weighted by molar-refractivity contribution is 0.668. The molecule has 0 saturated carbocycles. The zero-order chi connectivity index (χ0) is 19.3.